The van der Waals surface area contributed by atoms with E-state index in [4.69, 9.17) is 4.74 Å². The molecule has 146 valence electrons. The molecule has 27 heavy (non-hydrogen) atoms. The maximum absolute atomic E-state index is 12.6. The molecule has 2 fully saturated rings. The molecule has 1 aliphatic carbocycles. The van der Waals surface area contributed by atoms with E-state index in [9.17, 15) is 14.4 Å². The molecule has 3 rings (SSSR count). The van der Waals surface area contributed by atoms with Gasteiger partial charge in [-0.25, -0.2) is 0 Å². The lowest BCUT2D eigenvalue weighted by Crippen LogP contribution is -2.50. The normalized spacial score (nSPS) is 21.8. The minimum Gasteiger partial charge on any atom is -0.489 e. The molecule has 1 N–H and O–H groups in total. The van der Waals surface area contributed by atoms with Crippen LogP contribution in [0.4, 0.5) is 5.69 Å². The number of rotatable bonds is 5. The molecular weight excluding hydrogens is 346 g/mol. The second-order valence-corrected chi connectivity index (χ2v) is 7.43. The van der Waals surface area contributed by atoms with E-state index in [1.54, 1.807) is 22.8 Å². The number of carbonyl (C=O) groups is 3. The molecule has 0 bridgehead atoms. The van der Waals surface area contributed by atoms with Crippen molar-refractivity contribution in [2.45, 2.75) is 33.3 Å². The third-order valence-corrected chi connectivity index (χ3v) is 4.99. The number of ether oxygens (including phenoxy) is 1. The van der Waals surface area contributed by atoms with Gasteiger partial charge in [0, 0.05) is 33.1 Å². The number of anilines is 1. The molecule has 1 heterocycles. The molecule has 1 saturated heterocycles. The molecule has 1 aliphatic heterocycles. The van der Waals surface area contributed by atoms with E-state index in [1.807, 2.05) is 32.0 Å². The Hall–Kier alpha value is -2.57. The van der Waals surface area contributed by atoms with Crippen molar-refractivity contribution in [3.8, 4) is 5.75 Å². The van der Waals surface area contributed by atoms with Crippen LogP contribution in [0.1, 0.15) is 27.2 Å². The highest BCUT2D eigenvalue weighted by molar-refractivity contribution is 6.00. The van der Waals surface area contributed by atoms with Crippen molar-refractivity contribution in [2.24, 2.45) is 11.8 Å². The third-order valence-electron chi connectivity index (χ3n) is 4.99. The van der Waals surface area contributed by atoms with Crippen molar-refractivity contribution in [3.05, 3.63) is 24.3 Å². The van der Waals surface area contributed by atoms with Gasteiger partial charge in [0.1, 0.15) is 5.75 Å². The van der Waals surface area contributed by atoms with Crippen LogP contribution in [0.25, 0.3) is 0 Å². The van der Waals surface area contributed by atoms with Gasteiger partial charge in [0.25, 0.3) is 0 Å². The monoisotopic (exact) mass is 373 g/mol. The summed E-state index contributed by atoms with van der Waals surface area (Å²) in [6.45, 7) is 7.59. The number of hydrogen-bond donors (Lipinski definition) is 1. The van der Waals surface area contributed by atoms with Crippen LogP contribution in [0.3, 0.4) is 0 Å². The SMILES string of the molecule is CC(=O)N1CCN(C(=O)C2CC2C(=O)Nc2ccccc2OC(C)C)CC1. The lowest BCUT2D eigenvalue weighted by atomic mass is 10.2. The van der Waals surface area contributed by atoms with Gasteiger partial charge in [-0.2, -0.15) is 0 Å². The molecule has 1 aromatic carbocycles. The second-order valence-electron chi connectivity index (χ2n) is 7.43. The van der Waals surface area contributed by atoms with Gasteiger partial charge in [0.2, 0.25) is 17.7 Å². The zero-order valence-electron chi connectivity index (χ0n) is 16.1. The molecule has 2 aliphatic rings. The van der Waals surface area contributed by atoms with Crippen LogP contribution in [0.5, 0.6) is 5.75 Å². The minimum absolute atomic E-state index is 0.00646. The Morgan fingerprint density at radius 3 is 2.30 bits per heavy atom. The van der Waals surface area contributed by atoms with Crippen molar-refractivity contribution >= 4 is 23.4 Å². The summed E-state index contributed by atoms with van der Waals surface area (Å²) in [5.41, 5.74) is 0.629. The first-order valence-electron chi connectivity index (χ1n) is 9.47. The van der Waals surface area contributed by atoms with Crippen molar-refractivity contribution in [1.29, 1.82) is 0 Å². The van der Waals surface area contributed by atoms with Crippen LogP contribution in [-0.2, 0) is 14.4 Å². The second kappa shape index (κ2) is 7.98. The van der Waals surface area contributed by atoms with Gasteiger partial charge >= 0.3 is 0 Å². The van der Waals surface area contributed by atoms with Crippen LogP contribution in [-0.4, -0.2) is 59.8 Å². The molecule has 7 nitrogen and oxygen atoms in total. The van der Waals surface area contributed by atoms with Crippen LogP contribution in [0, 0.1) is 11.8 Å². The summed E-state index contributed by atoms with van der Waals surface area (Å²) in [5, 5.41) is 2.90. The van der Waals surface area contributed by atoms with Crippen molar-refractivity contribution < 1.29 is 19.1 Å². The Kier molecular flexibility index (Phi) is 5.68. The van der Waals surface area contributed by atoms with E-state index in [-0.39, 0.29) is 35.7 Å². The smallest absolute Gasteiger partial charge is 0.228 e. The molecule has 0 radical (unpaired) electrons. The molecule has 0 spiro atoms. The number of hydrogen-bond acceptors (Lipinski definition) is 4. The first-order valence-corrected chi connectivity index (χ1v) is 9.47. The van der Waals surface area contributed by atoms with E-state index >= 15 is 0 Å². The van der Waals surface area contributed by atoms with Gasteiger partial charge in [0.15, 0.2) is 0 Å². The van der Waals surface area contributed by atoms with Crippen LogP contribution in [0.2, 0.25) is 0 Å². The zero-order chi connectivity index (χ0) is 19.6. The quantitative estimate of drug-likeness (QED) is 0.853. The fourth-order valence-electron chi connectivity index (χ4n) is 3.39. The molecule has 3 amide bonds. The van der Waals surface area contributed by atoms with Crippen LogP contribution in [0.15, 0.2) is 24.3 Å². The number of piperazine rings is 1. The largest absolute Gasteiger partial charge is 0.489 e. The molecule has 2 atom stereocenters. The summed E-state index contributed by atoms with van der Waals surface area (Å²) in [5.74, 6) is -0.0131. The van der Waals surface area contributed by atoms with Gasteiger partial charge < -0.3 is 19.9 Å². The van der Waals surface area contributed by atoms with E-state index in [1.165, 1.54) is 0 Å². The number of amides is 3. The van der Waals surface area contributed by atoms with Crippen molar-refractivity contribution in [1.82, 2.24) is 9.80 Å². The van der Waals surface area contributed by atoms with E-state index < -0.39 is 0 Å². The highest BCUT2D eigenvalue weighted by atomic mass is 16.5. The van der Waals surface area contributed by atoms with Crippen LogP contribution < -0.4 is 10.1 Å². The summed E-state index contributed by atoms with van der Waals surface area (Å²) in [6, 6.07) is 7.32. The molecule has 2 unspecified atom stereocenters. The number of carbonyl (C=O) groups excluding carboxylic acids is 3. The van der Waals surface area contributed by atoms with Gasteiger partial charge in [-0.15, -0.1) is 0 Å². The topological polar surface area (TPSA) is 79.0 Å². The fourth-order valence-corrected chi connectivity index (χ4v) is 3.39. The summed E-state index contributed by atoms with van der Waals surface area (Å²) in [7, 11) is 0. The van der Waals surface area contributed by atoms with Gasteiger partial charge in [0.05, 0.1) is 23.6 Å². The van der Waals surface area contributed by atoms with Crippen molar-refractivity contribution in [3.63, 3.8) is 0 Å². The van der Waals surface area contributed by atoms with Crippen molar-refractivity contribution in [2.75, 3.05) is 31.5 Å². The van der Waals surface area contributed by atoms with Gasteiger partial charge in [-0.3, -0.25) is 14.4 Å². The summed E-state index contributed by atoms with van der Waals surface area (Å²) in [4.78, 5) is 40.1. The van der Waals surface area contributed by atoms with Crippen LogP contribution >= 0.6 is 0 Å². The standard InChI is InChI=1S/C20H27N3O4/c1-13(2)27-18-7-5-4-6-17(18)21-19(25)15-12-16(15)20(26)23-10-8-22(9-11-23)14(3)24/h4-7,13,15-16H,8-12H2,1-3H3,(H,21,25). The Balaban J connectivity index is 1.54. The number of benzene rings is 1. The fraction of sp³-hybridized carbons (Fsp3) is 0.550. The molecule has 1 aromatic rings. The van der Waals surface area contributed by atoms with E-state index in [0.29, 0.717) is 44.0 Å². The Morgan fingerprint density at radius 2 is 1.67 bits per heavy atom. The highest BCUT2D eigenvalue weighted by Crippen LogP contribution is 2.41. The highest BCUT2D eigenvalue weighted by Gasteiger charge is 2.49. The summed E-state index contributed by atoms with van der Waals surface area (Å²) < 4.78 is 5.72. The lowest BCUT2D eigenvalue weighted by Gasteiger charge is -2.34. The van der Waals surface area contributed by atoms with Gasteiger partial charge in [-0.05, 0) is 32.4 Å². The Bertz CT molecular complexity index is 726. The summed E-state index contributed by atoms with van der Waals surface area (Å²) in [6.07, 6.45) is 0.581. The number of nitrogens with one attached hydrogen (secondary N) is 1. The average molecular weight is 373 g/mol. The predicted octanol–water partition coefficient (Wildman–Crippen LogP) is 1.74. The zero-order valence-corrected chi connectivity index (χ0v) is 16.1. The first-order chi connectivity index (χ1) is 12.9. The third kappa shape index (κ3) is 4.59. The lowest BCUT2D eigenvalue weighted by molar-refractivity contribution is -0.139. The summed E-state index contributed by atoms with van der Waals surface area (Å²) >= 11 is 0. The van der Waals surface area contributed by atoms with E-state index in [2.05, 4.69) is 5.32 Å². The number of nitrogens with zero attached hydrogens (tertiary/aromatic N) is 2. The minimum atomic E-state index is -0.296. The molecular formula is C20H27N3O4. The average Bonchev–Trinajstić information content (AvgIpc) is 3.43. The first kappa shape index (κ1) is 19.2. The number of para-hydroxylation sites is 2. The maximum atomic E-state index is 12.6. The predicted molar refractivity (Wildman–Crippen MR) is 101 cm³/mol. The Morgan fingerprint density at radius 1 is 1.04 bits per heavy atom. The molecule has 0 aromatic heterocycles. The van der Waals surface area contributed by atoms with Gasteiger partial charge in [-0.1, -0.05) is 12.1 Å². The Labute approximate surface area is 159 Å². The molecule has 7 heteroatoms. The molecule has 1 saturated carbocycles. The maximum Gasteiger partial charge on any atom is 0.228 e. The van der Waals surface area contributed by atoms with E-state index in [0.717, 1.165) is 0 Å².